The normalized spacial score (nSPS) is 11.1. The fraction of sp³-hybridized carbons (Fsp3) is 0.778. The Kier molecular flexibility index (Phi) is 3.88. The molecule has 0 unspecified atom stereocenters. The van der Waals surface area contributed by atoms with Crippen molar-refractivity contribution in [3.63, 3.8) is 0 Å². The van der Waals surface area contributed by atoms with Crippen molar-refractivity contribution in [1.82, 2.24) is 19.7 Å². The van der Waals surface area contributed by atoms with E-state index < -0.39 is 0 Å². The first kappa shape index (κ1) is 11.0. The molecule has 5 nitrogen and oxygen atoms in total. The van der Waals surface area contributed by atoms with Crippen LogP contribution in [-0.4, -0.2) is 40.3 Å². The molecular formula is C9H19N5. The number of nitrogens with two attached hydrogens (primary N) is 1. The molecule has 1 rings (SSSR count). The van der Waals surface area contributed by atoms with Crippen LogP contribution in [0.15, 0.2) is 0 Å². The van der Waals surface area contributed by atoms with Crippen LogP contribution in [0.4, 0.5) is 5.95 Å². The van der Waals surface area contributed by atoms with E-state index in [-0.39, 0.29) is 0 Å². The molecule has 1 heterocycles. The number of nitrogens with zero attached hydrogens (tertiary/aromatic N) is 4. The summed E-state index contributed by atoms with van der Waals surface area (Å²) in [6, 6.07) is 0. The van der Waals surface area contributed by atoms with Gasteiger partial charge in [0.15, 0.2) is 5.82 Å². The van der Waals surface area contributed by atoms with Gasteiger partial charge in [-0.1, -0.05) is 6.92 Å². The summed E-state index contributed by atoms with van der Waals surface area (Å²) >= 11 is 0. The van der Waals surface area contributed by atoms with E-state index in [1.54, 1.807) is 4.68 Å². The Bertz CT molecular complexity index is 279. The van der Waals surface area contributed by atoms with Gasteiger partial charge in [0, 0.05) is 13.0 Å². The van der Waals surface area contributed by atoms with Gasteiger partial charge in [-0.2, -0.15) is 10.1 Å². The topological polar surface area (TPSA) is 60.0 Å². The van der Waals surface area contributed by atoms with Gasteiger partial charge in [-0.25, -0.2) is 4.68 Å². The zero-order valence-electron chi connectivity index (χ0n) is 9.19. The Balaban J connectivity index is 2.58. The molecular weight excluding hydrogens is 178 g/mol. The standard InChI is InChI=1S/C9H19N5/c1-4-5-8-11-9(10)14(12-8)7-6-13(2)3/h4-7H2,1-3H3,(H2,10,11,12). The van der Waals surface area contributed by atoms with Crippen LogP contribution in [0.2, 0.25) is 0 Å². The van der Waals surface area contributed by atoms with Crippen LogP contribution in [0.1, 0.15) is 19.2 Å². The lowest BCUT2D eigenvalue weighted by Crippen LogP contribution is -2.20. The zero-order chi connectivity index (χ0) is 10.6. The van der Waals surface area contributed by atoms with Gasteiger partial charge in [0.1, 0.15) is 0 Å². The molecule has 0 amide bonds. The molecule has 0 aliphatic carbocycles. The van der Waals surface area contributed by atoms with Crippen LogP contribution in [0.3, 0.4) is 0 Å². The van der Waals surface area contributed by atoms with Crippen molar-refractivity contribution >= 4 is 5.95 Å². The number of hydrogen-bond donors (Lipinski definition) is 1. The van der Waals surface area contributed by atoms with Crippen molar-refractivity contribution < 1.29 is 0 Å². The molecule has 1 aromatic rings. The summed E-state index contributed by atoms with van der Waals surface area (Å²) in [7, 11) is 4.06. The van der Waals surface area contributed by atoms with Crippen LogP contribution in [-0.2, 0) is 13.0 Å². The number of aromatic nitrogens is 3. The average molecular weight is 197 g/mol. The van der Waals surface area contributed by atoms with E-state index in [1.165, 1.54) is 0 Å². The van der Waals surface area contributed by atoms with Crippen molar-refractivity contribution in [2.24, 2.45) is 0 Å². The monoisotopic (exact) mass is 197 g/mol. The molecule has 0 aliphatic rings. The van der Waals surface area contributed by atoms with Gasteiger partial charge in [-0.15, -0.1) is 0 Å². The molecule has 0 saturated carbocycles. The molecule has 0 aliphatic heterocycles. The van der Waals surface area contributed by atoms with Gasteiger partial charge in [0.2, 0.25) is 5.95 Å². The molecule has 0 radical (unpaired) electrons. The van der Waals surface area contributed by atoms with E-state index in [0.29, 0.717) is 5.95 Å². The third-order valence-electron chi connectivity index (χ3n) is 1.98. The van der Waals surface area contributed by atoms with E-state index in [4.69, 9.17) is 5.73 Å². The fourth-order valence-electron chi connectivity index (χ4n) is 1.19. The molecule has 0 aromatic carbocycles. The maximum atomic E-state index is 5.73. The summed E-state index contributed by atoms with van der Waals surface area (Å²) in [6.45, 7) is 3.84. The largest absolute Gasteiger partial charge is 0.368 e. The third-order valence-corrected chi connectivity index (χ3v) is 1.98. The predicted octanol–water partition coefficient (Wildman–Crippen LogP) is 0.374. The lowest BCUT2D eigenvalue weighted by Gasteiger charge is -2.09. The summed E-state index contributed by atoms with van der Waals surface area (Å²) in [4.78, 5) is 6.29. The quantitative estimate of drug-likeness (QED) is 0.741. The molecule has 0 fully saturated rings. The van der Waals surface area contributed by atoms with Gasteiger partial charge < -0.3 is 10.6 Å². The second kappa shape index (κ2) is 4.95. The molecule has 80 valence electrons. The highest BCUT2D eigenvalue weighted by molar-refractivity contribution is 5.15. The Labute approximate surface area is 84.9 Å². The minimum atomic E-state index is 0.523. The Morgan fingerprint density at radius 3 is 2.71 bits per heavy atom. The minimum absolute atomic E-state index is 0.523. The highest BCUT2D eigenvalue weighted by atomic mass is 15.4. The van der Waals surface area contributed by atoms with Crippen LogP contribution in [0.5, 0.6) is 0 Å². The van der Waals surface area contributed by atoms with E-state index in [2.05, 4.69) is 21.9 Å². The van der Waals surface area contributed by atoms with Crippen LogP contribution in [0, 0.1) is 0 Å². The first-order chi connectivity index (χ1) is 6.63. The summed E-state index contributed by atoms with van der Waals surface area (Å²) in [5.74, 6) is 1.37. The second-order valence-corrected chi connectivity index (χ2v) is 3.66. The maximum Gasteiger partial charge on any atom is 0.218 e. The van der Waals surface area contributed by atoms with Crippen molar-refractivity contribution in [3.8, 4) is 0 Å². The Morgan fingerprint density at radius 1 is 1.43 bits per heavy atom. The molecule has 14 heavy (non-hydrogen) atoms. The van der Waals surface area contributed by atoms with Crippen LogP contribution < -0.4 is 5.73 Å². The van der Waals surface area contributed by atoms with E-state index in [1.807, 2.05) is 14.1 Å². The second-order valence-electron chi connectivity index (χ2n) is 3.66. The highest BCUT2D eigenvalue weighted by Crippen LogP contribution is 2.02. The van der Waals surface area contributed by atoms with E-state index in [0.717, 1.165) is 31.8 Å². The number of likely N-dealkylation sites (N-methyl/N-ethyl adjacent to an activating group) is 1. The first-order valence-corrected chi connectivity index (χ1v) is 4.97. The lowest BCUT2D eigenvalue weighted by molar-refractivity contribution is 0.374. The zero-order valence-corrected chi connectivity index (χ0v) is 9.19. The lowest BCUT2D eigenvalue weighted by atomic mass is 10.3. The van der Waals surface area contributed by atoms with Crippen molar-refractivity contribution in [2.45, 2.75) is 26.3 Å². The fourth-order valence-corrected chi connectivity index (χ4v) is 1.19. The third kappa shape index (κ3) is 2.99. The van der Waals surface area contributed by atoms with Crippen LogP contribution in [0.25, 0.3) is 0 Å². The SMILES string of the molecule is CCCc1nc(N)n(CCN(C)C)n1. The Hall–Kier alpha value is -1.10. The molecule has 0 atom stereocenters. The number of nitrogen functional groups attached to an aromatic ring is 1. The average Bonchev–Trinajstić information content (AvgIpc) is 2.44. The van der Waals surface area contributed by atoms with Crippen LogP contribution >= 0.6 is 0 Å². The Morgan fingerprint density at radius 2 is 2.14 bits per heavy atom. The number of aryl methyl sites for hydroxylation is 1. The van der Waals surface area contributed by atoms with E-state index in [9.17, 15) is 0 Å². The smallest absolute Gasteiger partial charge is 0.218 e. The summed E-state index contributed by atoms with van der Waals surface area (Å²) in [6.07, 6.45) is 1.95. The summed E-state index contributed by atoms with van der Waals surface area (Å²) in [5.41, 5.74) is 5.73. The van der Waals surface area contributed by atoms with E-state index >= 15 is 0 Å². The minimum Gasteiger partial charge on any atom is -0.368 e. The highest BCUT2D eigenvalue weighted by Gasteiger charge is 2.05. The van der Waals surface area contributed by atoms with Crippen molar-refractivity contribution in [3.05, 3.63) is 5.82 Å². The van der Waals surface area contributed by atoms with Gasteiger partial charge >= 0.3 is 0 Å². The van der Waals surface area contributed by atoms with Crippen molar-refractivity contribution in [1.29, 1.82) is 0 Å². The van der Waals surface area contributed by atoms with Gasteiger partial charge in [0.05, 0.1) is 6.54 Å². The number of rotatable bonds is 5. The molecule has 0 saturated heterocycles. The number of hydrogen-bond acceptors (Lipinski definition) is 4. The molecule has 5 heteroatoms. The molecule has 1 aromatic heterocycles. The van der Waals surface area contributed by atoms with Crippen molar-refractivity contribution in [2.75, 3.05) is 26.4 Å². The molecule has 0 bridgehead atoms. The van der Waals surface area contributed by atoms with Gasteiger partial charge in [-0.3, -0.25) is 0 Å². The van der Waals surface area contributed by atoms with Gasteiger partial charge in [0.25, 0.3) is 0 Å². The molecule has 2 N–H and O–H groups in total. The maximum absolute atomic E-state index is 5.73. The summed E-state index contributed by atoms with van der Waals surface area (Å²) < 4.78 is 1.77. The predicted molar refractivity (Wildman–Crippen MR) is 57.0 cm³/mol. The van der Waals surface area contributed by atoms with Gasteiger partial charge in [-0.05, 0) is 20.5 Å². The molecule has 0 spiro atoms. The first-order valence-electron chi connectivity index (χ1n) is 4.97. The number of anilines is 1. The summed E-state index contributed by atoms with van der Waals surface area (Å²) in [5, 5.41) is 4.33.